The Labute approximate surface area is 126 Å². The molecule has 1 aromatic rings. The number of ether oxygens (including phenoxy) is 1. The molecule has 0 spiro atoms. The van der Waals surface area contributed by atoms with Crippen molar-refractivity contribution in [3.8, 4) is 0 Å². The van der Waals surface area contributed by atoms with Crippen molar-refractivity contribution < 1.29 is 4.74 Å². The molecule has 4 nitrogen and oxygen atoms in total. The van der Waals surface area contributed by atoms with Crippen LogP contribution >= 0.6 is 11.6 Å². The van der Waals surface area contributed by atoms with Gasteiger partial charge in [0, 0.05) is 18.1 Å². The maximum atomic E-state index is 5.91. The van der Waals surface area contributed by atoms with Crippen molar-refractivity contribution in [3.63, 3.8) is 0 Å². The minimum atomic E-state index is 0.121. The van der Waals surface area contributed by atoms with Gasteiger partial charge in [-0.05, 0) is 37.1 Å². The maximum Gasteiger partial charge on any atom is 0.0871 e. The zero-order chi connectivity index (χ0) is 14.4. The van der Waals surface area contributed by atoms with E-state index in [0.717, 1.165) is 37.7 Å². The largest absolute Gasteiger partial charge is 0.374 e. The fourth-order valence-electron chi connectivity index (χ4n) is 2.67. The van der Waals surface area contributed by atoms with Crippen molar-refractivity contribution in [2.45, 2.75) is 31.9 Å². The molecule has 1 heterocycles. The van der Waals surface area contributed by atoms with E-state index in [-0.39, 0.29) is 12.1 Å². The molecule has 0 bridgehead atoms. The molecular formula is C15H24ClN3O. The molecule has 2 unspecified atom stereocenters. The second-order valence-electron chi connectivity index (χ2n) is 5.31. The quantitative estimate of drug-likeness (QED) is 0.621. The summed E-state index contributed by atoms with van der Waals surface area (Å²) in [6.45, 7) is 6.07. The van der Waals surface area contributed by atoms with Crippen LogP contribution in [0.4, 0.5) is 0 Å². The molecule has 2 rings (SSSR count). The molecular weight excluding hydrogens is 274 g/mol. The molecule has 3 N–H and O–H groups in total. The molecule has 0 aliphatic carbocycles. The van der Waals surface area contributed by atoms with Crippen LogP contribution in [0.1, 0.15) is 18.9 Å². The van der Waals surface area contributed by atoms with Gasteiger partial charge in [0.2, 0.25) is 0 Å². The molecule has 0 aromatic heterocycles. The maximum absolute atomic E-state index is 5.91. The average molecular weight is 298 g/mol. The van der Waals surface area contributed by atoms with Gasteiger partial charge in [0.05, 0.1) is 18.8 Å². The SMILES string of the molecule is CCCN1CCOC(C(Cc2ccc(Cl)cc2)NN)C1. The van der Waals surface area contributed by atoms with Crippen molar-refractivity contribution >= 4 is 11.6 Å². The van der Waals surface area contributed by atoms with E-state index in [2.05, 4.69) is 17.2 Å². The number of halogens is 1. The highest BCUT2D eigenvalue weighted by molar-refractivity contribution is 6.30. The number of hydrogen-bond donors (Lipinski definition) is 2. The second kappa shape index (κ2) is 7.96. The first-order chi connectivity index (χ1) is 9.72. The zero-order valence-electron chi connectivity index (χ0n) is 12.0. The summed E-state index contributed by atoms with van der Waals surface area (Å²) in [6.07, 6.45) is 2.15. The van der Waals surface area contributed by atoms with Crippen LogP contribution < -0.4 is 11.3 Å². The predicted molar refractivity (Wildman–Crippen MR) is 82.7 cm³/mol. The van der Waals surface area contributed by atoms with Gasteiger partial charge in [-0.1, -0.05) is 30.7 Å². The van der Waals surface area contributed by atoms with Crippen LogP contribution in [0.3, 0.4) is 0 Å². The van der Waals surface area contributed by atoms with Gasteiger partial charge in [-0.2, -0.15) is 0 Å². The van der Waals surface area contributed by atoms with E-state index in [1.807, 2.05) is 24.3 Å². The summed E-state index contributed by atoms with van der Waals surface area (Å²) in [4.78, 5) is 2.44. The predicted octanol–water partition coefficient (Wildman–Crippen LogP) is 1.83. The van der Waals surface area contributed by atoms with Gasteiger partial charge in [0.1, 0.15) is 0 Å². The zero-order valence-corrected chi connectivity index (χ0v) is 12.8. The van der Waals surface area contributed by atoms with Crippen LogP contribution in [-0.2, 0) is 11.2 Å². The Morgan fingerprint density at radius 2 is 2.20 bits per heavy atom. The number of rotatable bonds is 6. The first-order valence-electron chi connectivity index (χ1n) is 7.27. The fourth-order valence-corrected chi connectivity index (χ4v) is 2.79. The van der Waals surface area contributed by atoms with Crippen molar-refractivity contribution in [3.05, 3.63) is 34.9 Å². The first-order valence-corrected chi connectivity index (χ1v) is 7.65. The monoisotopic (exact) mass is 297 g/mol. The van der Waals surface area contributed by atoms with Gasteiger partial charge < -0.3 is 4.74 Å². The number of nitrogens with two attached hydrogens (primary N) is 1. The molecule has 20 heavy (non-hydrogen) atoms. The number of benzene rings is 1. The van der Waals surface area contributed by atoms with Crippen molar-refractivity contribution in [1.82, 2.24) is 10.3 Å². The molecule has 1 fully saturated rings. The lowest BCUT2D eigenvalue weighted by Gasteiger charge is -2.36. The number of hydrogen-bond acceptors (Lipinski definition) is 4. The van der Waals surface area contributed by atoms with Crippen LogP contribution in [0.25, 0.3) is 0 Å². The third-order valence-electron chi connectivity index (χ3n) is 3.75. The third-order valence-corrected chi connectivity index (χ3v) is 4.00. The van der Waals surface area contributed by atoms with E-state index in [1.54, 1.807) is 0 Å². The Morgan fingerprint density at radius 3 is 2.85 bits per heavy atom. The minimum Gasteiger partial charge on any atom is -0.374 e. The van der Waals surface area contributed by atoms with E-state index >= 15 is 0 Å². The minimum absolute atomic E-state index is 0.121. The molecule has 5 heteroatoms. The number of morpholine rings is 1. The topological polar surface area (TPSA) is 50.5 Å². The molecule has 1 saturated heterocycles. The smallest absolute Gasteiger partial charge is 0.0871 e. The standard InChI is InChI=1S/C15H24ClN3O/c1-2-7-19-8-9-20-15(11-19)14(18-17)10-12-3-5-13(16)6-4-12/h3-6,14-15,18H,2,7-11,17H2,1H3. The van der Waals surface area contributed by atoms with E-state index in [0.29, 0.717) is 0 Å². The summed E-state index contributed by atoms with van der Waals surface area (Å²) in [7, 11) is 0. The van der Waals surface area contributed by atoms with Crippen LogP contribution in [0, 0.1) is 0 Å². The molecule has 0 amide bonds. The second-order valence-corrected chi connectivity index (χ2v) is 5.75. The highest BCUT2D eigenvalue weighted by Crippen LogP contribution is 2.15. The van der Waals surface area contributed by atoms with Crippen LogP contribution in [0.15, 0.2) is 24.3 Å². The van der Waals surface area contributed by atoms with E-state index in [9.17, 15) is 0 Å². The third kappa shape index (κ3) is 4.43. The van der Waals surface area contributed by atoms with Gasteiger partial charge >= 0.3 is 0 Å². The van der Waals surface area contributed by atoms with Gasteiger partial charge in [0.25, 0.3) is 0 Å². The summed E-state index contributed by atoms with van der Waals surface area (Å²) in [5, 5.41) is 0.758. The highest BCUT2D eigenvalue weighted by Gasteiger charge is 2.27. The normalized spacial score (nSPS) is 21.9. The lowest BCUT2D eigenvalue weighted by molar-refractivity contribution is -0.0462. The van der Waals surface area contributed by atoms with Gasteiger partial charge in [-0.25, -0.2) is 0 Å². The first kappa shape index (κ1) is 15.7. The molecule has 0 saturated carbocycles. The molecule has 0 radical (unpaired) electrons. The lowest BCUT2D eigenvalue weighted by Crippen LogP contribution is -2.54. The summed E-state index contributed by atoms with van der Waals surface area (Å²) in [5.41, 5.74) is 4.13. The Morgan fingerprint density at radius 1 is 1.45 bits per heavy atom. The lowest BCUT2D eigenvalue weighted by atomic mass is 10.0. The molecule has 1 aliphatic rings. The molecule has 2 atom stereocenters. The van der Waals surface area contributed by atoms with Gasteiger partial charge in [-0.3, -0.25) is 16.2 Å². The number of hydrazine groups is 1. The van der Waals surface area contributed by atoms with Gasteiger partial charge in [0.15, 0.2) is 0 Å². The van der Waals surface area contributed by atoms with E-state index < -0.39 is 0 Å². The van der Waals surface area contributed by atoms with E-state index in [4.69, 9.17) is 22.2 Å². The Balaban J connectivity index is 1.95. The van der Waals surface area contributed by atoms with Crippen molar-refractivity contribution in [2.75, 3.05) is 26.2 Å². The highest BCUT2D eigenvalue weighted by atomic mass is 35.5. The fraction of sp³-hybridized carbons (Fsp3) is 0.600. The summed E-state index contributed by atoms with van der Waals surface area (Å²) >= 11 is 5.91. The Kier molecular flexibility index (Phi) is 6.26. The van der Waals surface area contributed by atoms with Crippen LogP contribution in [0.2, 0.25) is 5.02 Å². The number of nitrogens with one attached hydrogen (secondary N) is 1. The average Bonchev–Trinajstić information content (AvgIpc) is 2.47. The molecule has 1 aromatic carbocycles. The van der Waals surface area contributed by atoms with Crippen molar-refractivity contribution in [2.24, 2.45) is 5.84 Å². The van der Waals surface area contributed by atoms with Crippen molar-refractivity contribution in [1.29, 1.82) is 0 Å². The molecule has 1 aliphatic heterocycles. The molecule has 112 valence electrons. The number of nitrogens with zero attached hydrogens (tertiary/aromatic N) is 1. The Bertz CT molecular complexity index is 397. The summed E-state index contributed by atoms with van der Waals surface area (Å²) in [6, 6.07) is 8.03. The van der Waals surface area contributed by atoms with Crippen LogP contribution in [-0.4, -0.2) is 43.3 Å². The Hall–Kier alpha value is -0.650. The van der Waals surface area contributed by atoms with Crippen LogP contribution in [0.5, 0.6) is 0 Å². The summed E-state index contributed by atoms with van der Waals surface area (Å²) < 4.78 is 5.89. The van der Waals surface area contributed by atoms with Gasteiger partial charge in [-0.15, -0.1) is 0 Å². The summed E-state index contributed by atoms with van der Waals surface area (Å²) in [5.74, 6) is 5.73. The van der Waals surface area contributed by atoms with E-state index in [1.165, 1.54) is 12.0 Å².